The first-order valence-electron chi connectivity index (χ1n) is 6.39. The molecule has 0 aliphatic rings. The number of carboxylic acids is 1. The lowest BCUT2D eigenvalue weighted by molar-refractivity contribution is -0.143. The van der Waals surface area contributed by atoms with Crippen molar-refractivity contribution in [1.82, 2.24) is 10.2 Å². The van der Waals surface area contributed by atoms with Gasteiger partial charge in [-0.25, -0.2) is 9.59 Å². The van der Waals surface area contributed by atoms with Crippen LogP contribution in [0, 0.1) is 0 Å². The molecule has 0 bridgehead atoms. The summed E-state index contributed by atoms with van der Waals surface area (Å²) < 4.78 is 9.62. The van der Waals surface area contributed by atoms with E-state index in [4.69, 9.17) is 14.6 Å². The second-order valence-corrected chi connectivity index (χ2v) is 3.97. The monoisotopic (exact) mass is 290 g/mol. The van der Waals surface area contributed by atoms with Crippen LogP contribution in [0.15, 0.2) is 0 Å². The first-order valence-corrected chi connectivity index (χ1v) is 6.39. The molecule has 20 heavy (non-hydrogen) atoms. The fourth-order valence-electron chi connectivity index (χ4n) is 1.40. The molecule has 2 N–H and O–H groups in total. The van der Waals surface area contributed by atoms with Crippen molar-refractivity contribution < 1.29 is 29.0 Å². The normalized spacial score (nSPS) is 11.6. The number of amides is 2. The Kier molecular flexibility index (Phi) is 9.10. The number of rotatable bonds is 9. The van der Waals surface area contributed by atoms with Gasteiger partial charge in [0.1, 0.15) is 12.6 Å². The van der Waals surface area contributed by atoms with Gasteiger partial charge in [-0.1, -0.05) is 6.92 Å². The van der Waals surface area contributed by atoms with E-state index in [0.717, 1.165) is 4.90 Å². The maximum Gasteiger partial charge on any atom is 0.326 e. The highest BCUT2D eigenvalue weighted by atomic mass is 16.5. The SMILES string of the molecule is CCOC(=O)CN(CCOC)C(=O)NC(CC)C(=O)O. The van der Waals surface area contributed by atoms with Crippen LogP contribution in [0.3, 0.4) is 0 Å². The molecule has 0 heterocycles. The minimum Gasteiger partial charge on any atom is -0.480 e. The van der Waals surface area contributed by atoms with Crippen LogP contribution in [-0.2, 0) is 19.1 Å². The average Bonchev–Trinajstić information content (AvgIpc) is 2.40. The summed E-state index contributed by atoms with van der Waals surface area (Å²) in [6.45, 7) is 3.66. The predicted molar refractivity (Wildman–Crippen MR) is 70.3 cm³/mol. The molecule has 116 valence electrons. The predicted octanol–water partition coefficient (Wildman–Crippen LogP) is 0.0707. The van der Waals surface area contributed by atoms with Crippen molar-refractivity contribution in [2.24, 2.45) is 0 Å². The number of carbonyl (C=O) groups excluding carboxylic acids is 2. The van der Waals surface area contributed by atoms with Gasteiger partial charge in [-0.15, -0.1) is 0 Å². The molecule has 0 radical (unpaired) electrons. The van der Waals surface area contributed by atoms with Gasteiger partial charge in [-0.3, -0.25) is 4.79 Å². The molecule has 2 amide bonds. The molecule has 0 aromatic heterocycles. The van der Waals surface area contributed by atoms with Crippen LogP contribution in [0.4, 0.5) is 4.79 Å². The second-order valence-electron chi connectivity index (χ2n) is 3.97. The molecule has 8 nitrogen and oxygen atoms in total. The number of urea groups is 1. The Balaban J connectivity index is 4.61. The number of aliphatic carboxylic acids is 1. The van der Waals surface area contributed by atoms with Crippen molar-refractivity contribution in [1.29, 1.82) is 0 Å². The number of nitrogens with zero attached hydrogens (tertiary/aromatic N) is 1. The summed E-state index contributed by atoms with van der Waals surface area (Å²) in [4.78, 5) is 35.4. The zero-order valence-corrected chi connectivity index (χ0v) is 12.0. The van der Waals surface area contributed by atoms with E-state index in [2.05, 4.69) is 5.32 Å². The summed E-state index contributed by atoms with van der Waals surface area (Å²) in [5.41, 5.74) is 0. The Bertz CT molecular complexity index is 334. The van der Waals surface area contributed by atoms with Gasteiger partial charge in [-0.2, -0.15) is 0 Å². The van der Waals surface area contributed by atoms with Crippen molar-refractivity contribution in [3.05, 3.63) is 0 Å². The number of carbonyl (C=O) groups is 3. The molecule has 1 atom stereocenters. The Morgan fingerprint density at radius 3 is 2.40 bits per heavy atom. The van der Waals surface area contributed by atoms with Gasteiger partial charge >= 0.3 is 18.0 Å². The first-order chi connectivity index (χ1) is 9.46. The zero-order valence-electron chi connectivity index (χ0n) is 12.0. The molecule has 0 saturated heterocycles. The Labute approximate surface area is 118 Å². The standard InChI is InChI=1S/C12H22N2O6/c1-4-9(11(16)17)13-12(18)14(6-7-19-3)8-10(15)20-5-2/h9H,4-8H2,1-3H3,(H,13,18)(H,16,17). The third-order valence-electron chi connectivity index (χ3n) is 2.48. The zero-order chi connectivity index (χ0) is 15.5. The van der Waals surface area contributed by atoms with Crippen molar-refractivity contribution >= 4 is 18.0 Å². The Hall–Kier alpha value is -1.83. The summed E-state index contributed by atoms with van der Waals surface area (Å²) in [5.74, 6) is -1.68. The summed E-state index contributed by atoms with van der Waals surface area (Å²) >= 11 is 0. The van der Waals surface area contributed by atoms with Gasteiger partial charge in [0.05, 0.1) is 13.2 Å². The molecule has 0 saturated carbocycles. The van der Waals surface area contributed by atoms with E-state index in [0.29, 0.717) is 0 Å². The third-order valence-corrected chi connectivity index (χ3v) is 2.48. The molecule has 0 fully saturated rings. The minimum absolute atomic E-state index is 0.164. The van der Waals surface area contributed by atoms with Crippen LogP contribution >= 0.6 is 0 Å². The Morgan fingerprint density at radius 2 is 1.95 bits per heavy atom. The lowest BCUT2D eigenvalue weighted by atomic mass is 10.2. The number of ether oxygens (including phenoxy) is 2. The molecule has 0 rings (SSSR count). The lowest BCUT2D eigenvalue weighted by Gasteiger charge is -2.23. The van der Waals surface area contributed by atoms with E-state index in [9.17, 15) is 14.4 Å². The quantitative estimate of drug-likeness (QED) is 0.582. The maximum absolute atomic E-state index is 12.0. The van der Waals surface area contributed by atoms with E-state index >= 15 is 0 Å². The fraction of sp³-hybridized carbons (Fsp3) is 0.750. The summed E-state index contributed by atoms with van der Waals surface area (Å²) in [6, 6.07) is -1.63. The number of hydrogen-bond donors (Lipinski definition) is 2. The van der Waals surface area contributed by atoms with Gasteiger partial charge in [0.15, 0.2) is 0 Å². The van der Waals surface area contributed by atoms with E-state index in [1.807, 2.05) is 0 Å². The van der Waals surface area contributed by atoms with Crippen molar-refractivity contribution in [3.8, 4) is 0 Å². The van der Waals surface area contributed by atoms with Crippen LogP contribution in [0.5, 0.6) is 0 Å². The largest absolute Gasteiger partial charge is 0.480 e. The smallest absolute Gasteiger partial charge is 0.326 e. The van der Waals surface area contributed by atoms with Gasteiger partial charge in [-0.05, 0) is 13.3 Å². The third kappa shape index (κ3) is 6.93. The molecule has 0 spiro atoms. The highest BCUT2D eigenvalue weighted by molar-refractivity contribution is 5.85. The van der Waals surface area contributed by atoms with Crippen LogP contribution in [0.2, 0.25) is 0 Å². The molecular formula is C12H22N2O6. The summed E-state index contributed by atoms with van der Waals surface area (Å²) in [5, 5.41) is 11.2. The van der Waals surface area contributed by atoms with Gasteiger partial charge in [0, 0.05) is 13.7 Å². The summed E-state index contributed by atoms with van der Waals surface area (Å²) in [6.07, 6.45) is 0.249. The minimum atomic E-state index is -1.12. The van der Waals surface area contributed by atoms with Gasteiger partial charge in [0.25, 0.3) is 0 Å². The van der Waals surface area contributed by atoms with Gasteiger partial charge < -0.3 is 24.8 Å². The van der Waals surface area contributed by atoms with Crippen LogP contribution in [0.1, 0.15) is 20.3 Å². The van der Waals surface area contributed by atoms with E-state index in [-0.39, 0.29) is 32.7 Å². The molecular weight excluding hydrogens is 268 g/mol. The lowest BCUT2D eigenvalue weighted by Crippen LogP contribution is -2.50. The number of hydrogen-bond acceptors (Lipinski definition) is 5. The van der Waals surface area contributed by atoms with Crippen LogP contribution in [-0.4, -0.2) is 67.4 Å². The fourth-order valence-corrected chi connectivity index (χ4v) is 1.40. The molecule has 0 aromatic carbocycles. The van der Waals surface area contributed by atoms with Crippen molar-refractivity contribution in [2.45, 2.75) is 26.3 Å². The number of esters is 1. The van der Waals surface area contributed by atoms with Crippen molar-refractivity contribution in [3.63, 3.8) is 0 Å². The highest BCUT2D eigenvalue weighted by Gasteiger charge is 2.23. The Morgan fingerprint density at radius 1 is 1.30 bits per heavy atom. The number of nitrogens with one attached hydrogen (secondary N) is 1. The first kappa shape index (κ1) is 18.2. The topological polar surface area (TPSA) is 105 Å². The molecule has 0 aromatic rings. The van der Waals surface area contributed by atoms with E-state index < -0.39 is 24.0 Å². The van der Waals surface area contributed by atoms with Crippen molar-refractivity contribution in [2.75, 3.05) is 33.4 Å². The highest BCUT2D eigenvalue weighted by Crippen LogP contribution is 1.97. The van der Waals surface area contributed by atoms with Crippen LogP contribution < -0.4 is 5.32 Å². The molecule has 0 aliphatic carbocycles. The number of methoxy groups -OCH3 is 1. The average molecular weight is 290 g/mol. The second kappa shape index (κ2) is 10.0. The summed E-state index contributed by atoms with van der Waals surface area (Å²) in [7, 11) is 1.46. The maximum atomic E-state index is 12.0. The van der Waals surface area contributed by atoms with Crippen LogP contribution in [0.25, 0.3) is 0 Å². The van der Waals surface area contributed by atoms with Gasteiger partial charge in [0.2, 0.25) is 0 Å². The molecule has 0 aliphatic heterocycles. The molecule has 8 heteroatoms. The van der Waals surface area contributed by atoms with E-state index in [1.54, 1.807) is 13.8 Å². The molecule has 1 unspecified atom stereocenters. The number of carboxylic acid groups (broad SMARTS) is 1. The van der Waals surface area contributed by atoms with E-state index in [1.165, 1.54) is 7.11 Å².